The van der Waals surface area contributed by atoms with Gasteiger partial charge in [-0.3, -0.25) is 0 Å². The zero-order valence-corrected chi connectivity index (χ0v) is 11.2. The summed E-state index contributed by atoms with van der Waals surface area (Å²) >= 11 is 0. The number of hydrogen-bond donors (Lipinski definition) is 0. The Morgan fingerprint density at radius 2 is 1.71 bits per heavy atom. The first-order valence-electron chi connectivity index (χ1n) is 5.57. The van der Waals surface area contributed by atoms with E-state index >= 15 is 0 Å². The standard InChI is InChI=1S/C13H15FN2Si/c1-17(2,3)11-9-15-12(13(14)16-11)10-7-5-4-6-8-10/h4-9H,1-3H3. The van der Waals surface area contributed by atoms with E-state index in [1.165, 1.54) is 0 Å². The molecule has 2 nitrogen and oxygen atoms in total. The van der Waals surface area contributed by atoms with Gasteiger partial charge in [-0.05, 0) is 0 Å². The van der Waals surface area contributed by atoms with E-state index in [9.17, 15) is 4.39 Å². The Kier molecular flexibility index (Phi) is 3.06. The van der Waals surface area contributed by atoms with Gasteiger partial charge in [-0.25, -0.2) is 9.97 Å². The summed E-state index contributed by atoms with van der Waals surface area (Å²) in [7, 11) is -1.60. The van der Waals surface area contributed by atoms with Crippen LogP contribution in [0.3, 0.4) is 0 Å². The molecule has 1 aromatic carbocycles. The molecule has 1 heterocycles. The maximum atomic E-state index is 13.9. The number of rotatable bonds is 2. The molecule has 0 aliphatic heterocycles. The molecule has 0 aliphatic carbocycles. The Morgan fingerprint density at radius 3 is 2.24 bits per heavy atom. The first-order valence-corrected chi connectivity index (χ1v) is 9.07. The predicted molar refractivity (Wildman–Crippen MR) is 70.4 cm³/mol. The van der Waals surface area contributed by atoms with Crippen LogP contribution in [0, 0.1) is 5.95 Å². The van der Waals surface area contributed by atoms with Gasteiger partial charge in [-0.2, -0.15) is 4.39 Å². The summed E-state index contributed by atoms with van der Waals surface area (Å²) in [4.78, 5) is 8.27. The molecule has 2 rings (SSSR count). The molecule has 0 radical (unpaired) electrons. The average molecular weight is 246 g/mol. The molecule has 0 saturated heterocycles. The molecular formula is C13H15FN2Si. The van der Waals surface area contributed by atoms with Gasteiger partial charge in [0.2, 0.25) is 5.95 Å². The molecule has 2 aromatic rings. The van der Waals surface area contributed by atoms with Crippen molar-refractivity contribution in [2.45, 2.75) is 19.6 Å². The highest BCUT2D eigenvalue weighted by atomic mass is 28.3. The fourth-order valence-corrected chi connectivity index (χ4v) is 2.40. The van der Waals surface area contributed by atoms with E-state index in [4.69, 9.17) is 0 Å². The van der Waals surface area contributed by atoms with Crippen molar-refractivity contribution in [3.63, 3.8) is 0 Å². The first-order chi connectivity index (χ1) is 7.98. The van der Waals surface area contributed by atoms with Gasteiger partial charge in [0.05, 0.1) is 0 Å². The third-order valence-electron chi connectivity index (χ3n) is 2.55. The molecule has 0 fully saturated rings. The minimum Gasteiger partial charge on any atom is -0.250 e. The van der Waals surface area contributed by atoms with E-state index in [1.807, 2.05) is 30.3 Å². The van der Waals surface area contributed by atoms with Crippen molar-refractivity contribution in [1.82, 2.24) is 9.97 Å². The lowest BCUT2D eigenvalue weighted by Gasteiger charge is -2.15. The third-order valence-corrected chi connectivity index (χ3v) is 4.32. The van der Waals surface area contributed by atoms with Gasteiger partial charge in [0.1, 0.15) is 13.8 Å². The van der Waals surface area contributed by atoms with Crippen LogP contribution in [0.2, 0.25) is 19.6 Å². The van der Waals surface area contributed by atoms with Crippen LogP contribution in [0.1, 0.15) is 0 Å². The molecule has 0 unspecified atom stereocenters. The number of aromatic nitrogens is 2. The van der Waals surface area contributed by atoms with Crippen LogP contribution in [-0.2, 0) is 0 Å². The molecule has 0 N–H and O–H groups in total. The molecule has 0 saturated carbocycles. The number of benzene rings is 1. The highest BCUT2D eigenvalue weighted by Gasteiger charge is 2.21. The van der Waals surface area contributed by atoms with Crippen LogP contribution in [-0.4, -0.2) is 18.0 Å². The van der Waals surface area contributed by atoms with Crippen LogP contribution in [0.5, 0.6) is 0 Å². The van der Waals surface area contributed by atoms with Crippen molar-refractivity contribution < 1.29 is 4.39 Å². The van der Waals surface area contributed by atoms with E-state index in [2.05, 4.69) is 29.6 Å². The molecule has 0 bridgehead atoms. The molecule has 0 aliphatic rings. The van der Waals surface area contributed by atoms with Crippen molar-refractivity contribution in [2.75, 3.05) is 0 Å². The molecular weight excluding hydrogens is 231 g/mol. The van der Waals surface area contributed by atoms with Gasteiger partial charge in [0.25, 0.3) is 0 Å². The summed E-state index contributed by atoms with van der Waals surface area (Å²) < 4.78 is 13.9. The van der Waals surface area contributed by atoms with E-state index in [0.717, 1.165) is 10.9 Å². The summed E-state index contributed by atoms with van der Waals surface area (Å²) in [5.41, 5.74) is 1.09. The second-order valence-corrected chi connectivity index (χ2v) is 10.0. The van der Waals surface area contributed by atoms with Gasteiger partial charge in [0, 0.05) is 17.1 Å². The molecule has 0 spiro atoms. The number of hydrogen-bond acceptors (Lipinski definition) is 2. The summed E-state index contributed by atoms with van der Waals surface area (Å²) in [5.74, 6) is -0.476. The monoisotopic (exact) mass is 246 g/mol. The van der Waals surface area contributed by atoms with Crippen LogP contribution in [0.25, 0.3) is 11.3 Å². The molecule has 17 heavy (non-hydrogen) atoms. The summed E-state index contributed by atoms with van der Waals surface area (Å²) in [6.45, 7) is 6.37. The van der Waals surface area contributed by atoms with Crippen LogP contribution in [0.15, 0.2) is 36.5 Å². The molecule has 4 heteroatoms. The molecule has 1 aromatic heterocycles. The van der Waals surface area contributed by atoms with Gasteiger partial charge >= 0.3 is 0 Å². The lowest BCUT2D eigenvalue weighted by atomic mass is 10.2. The molecule has 0 atom stereocenters. The zero-order valence-electron chi connectivity index (χ0n) is 10.2. The minimum atomic E-state index is -1.60. The van der Waals surface area contributed by atoms with E-state index in [0.29, 0.717) is 5.69 Å². The topological polar surface area (TPSA) is 25.8 Å². The Hall–Kier alpha value is -1.55. The minimum absolute atomic E-state index is 0.326. The first kappa shape index (κ1) is 11.9. The Balaban J connectivity index is 2.46. The zero-order chi connectivity index (χ0) is 12.5. The molecule has 0 amide bonds. The quantitative estimate of drug-likeness (QED) is 0.761. The highest BCUT2D eigenvalue weighted by Crippen LogP contribution is 2.17. The average Bonchev–Trinajstić information content (AvgIpc) is 2.29. The maximum absolute atomic E-state index is 13.9. The van der Waals surface area contributed by atoms with E-state index < -0.39 is 14.0 Å². The Bertz CT molecular complexity index is 521. The van der Waals surface area contributed by atoms with Crippen LogP contribution in [0.4, 0.5) is 4.39 Å². The van der Waals surface area contributed by atoms with Crippen molar-refractivity contribution in [1.29, 1.82) is 0 Å². The van der Waals surface area contributed by atoms with Crippen LogP contribution < -0.4 is 5.32 Å². The fraction of sp³-hybridized carbons (Fsp3) is 0.231. The van der Waals surface area contributed by atoms with E-state index in [-0.39, 0.29) is 0 Å². The summed E-state index contributed by atoms with van der Waals surface area (Å²) in [6, 6.07) is 9.29. The number of nitrogens with zero attached hydrogens (tertiary/aromatic N) is 2. The van der Waals surface area contributed by atoms with Crippen molar-refractivity contribution in [2.24, 2.45) is 0 Å². The summed E-state index contributed by atoms with van der Waals surface area (Å²) in [5, 5.41) is 0.801. The van der Waals surface area contributed by atoms with Crippen molar-refractivity contribution in [3.05, 3.63) is 42.5 Å². The lowest BCUT2D eigenvalue weighted by Crippen LogP contribution is -2.40. The Labute approximate surface area is 102 Å². The van der Waals surface area contributed by atoms with E-state index in [1.54, 1.807) is 6.20 Å². The summed E-state index contributed by atoms with van der Waals surface area (Å²) in [6.07, 6.45) is 1.71. The fourth-order valence-electron chi connectivity index (χ4n) is 1.52. The van der Waals surface area contributed by atoms with Crippen molar-refractivity contribution in [3.8, 4) is 11.3 Å². The van der Waals surface area contributed by atoms with Crippen LogP contribution >= 0.6 is 0 Å². The number of halogens is 1. The van der Waals surface area contributed by atoms with Gasteiger partial charge < -0.3 is 0 Å². The second-order valence-electron chi connectivity index (χ2n) is 5.01. The molecule has 88 valence electrons. The highest BCUT2D eigenvalue weighted by molar-refractivity contribution is 6.88. The maximum Gasteiger partial charge on any atom is 0.239 e. The van der Waals surface area contributed by atoms with Gasteiger partial charge in [0.15, 0.2) is 0 Å². The van der Waals surface area contributed by atoms with Gasteiger partial charge in [-0.15, -0.1) is 0 Å². The second kappa shape index (κ2) is 4.37. The lowest BCUT2D eigenvalue weighted by molar-refractivity contribution is 0.584. The van der Waals surface area contributed by atoms with Gasteiger partial charge in [-0.1, -0.05) is 50.0 Å². The SMILES string of the molecule is C[Si](C)(C)c1cnc(-c2ccccc2)c(F)n1. The Morgan fingerprint density at radius 1 is 1.06 bits per heavy atom. The smallest absolute Gasteiger partial charge is 0.239 e. The van der Waals surface area contributed by atoms with Crippen molar-refractivity contribution >= 4 is 13.4 Å². The predicted octanol–water partition coefficient (Wildman–Crippen LogP) is 2.83. The third kappa shape index (κ3) is 2.58. The normalized spacial score (nSPS) is 11.5. The largest absolute Gasteiger partial charge is 0.250 e.